The van der Waals surface area contributed by atoms with Crippen molar-refractivity contribution in [3.8, 4) is 5.69 Å². The van der Waals surface area contributed by atoms with Crippen molar-refractivity contribution in [2.45, 2.75) is 10.9 Å². The summed E-state index contributed by atoms with van der Waals surface area (Å²) in [4.78, 5) is 16.8. The first kappa shape index (κ1) is 18.3. The van der Waals surface area contributed by atoms with Gasteiger partial charge in [-0.1, -0.05) is 35.5 Å². The maximum absolute atomic E-state index is 12.7. The highest BCUT2D eigenvalue weighted by Crippen LogP contribution is 2.25. The largest absolute Gasteiger partial charge is 0.320 e. The van der Waals surface area contributed by atoms with Crippen molar-refractivity contribution in [1.29, 1.82) is 0 Å². The molecular weight excluding hydrogens is 396 g/mol. The maximum atomic E-state index is 12.7. The molecule has 140 valence electrons. The Morgan fingerprint density at radius 3 is 2.79 bits per heavy atom. The Bertz CT molecular complexity index is 1060. The summed E-state index contributed by atoms with van der Waals surface area (Å²) in [5.74, 6) is 0.513. The third-order valence-electron chi connectivity index (χ3n) is 3.94. The molecule has 0 aliphatic rings. The molecule has 2 aromatic carbocycles. The van der Waals surface area contributed by atoms with Gasteiger partial charge in [-0.3, -0.25) is 9.89 Å². The molecule has 0 saturated carbocycles. The first-order valence-corrected chi connectivity index (χ1v) is 9.73. The van der Waals surface area contributed by atoms with Crippen molar-refractivity contribution in [2.24, 2.45) is 0 Å². The molecule has 0 saturated heterocycles. The van der Waals surface area contributed by atoms with Crippen molar-refractivity contribution in [2.75, 3.05) is 5.32 Å². The second-order valence-corrected chi connectivity index (χ2v) is 7.24. The van der Waals surface area contributed by atoms with Gasteiger partial charge in [0.2, 0.25) is 0 Å². The maximum Gasteiger partial charge on any atom is 0.255 e. The fraction of sp³-hybridized carbons (Fsp3) is 0.0526. The zero-order valence-corrected chi connectivity index (χ0v) is 16.1. The number of aromatic nitrogens is 5. The Kier molecular flexibility index (Phi) is 5.41. The fourth-order valence-electron chi connectivity index (χ4n) is 2.58. The van der Waals surface area contributed by atoms with E-state index in [0.29, 0.717) is 16.3 Å². The molecule has 2 aromatic heterocycles. The number of thioether (sulfide) groups is 1. The molecule has 0 bridgehead atoms. The lowest BCUT2D eigenvalue weighted by Crippen LogP contribution is -2.14. The quantitative estimate of drug-likeness (QED) is 0.465. The number of amides is 1. The lowest BCUT2D eigenvalue weighted by Gasteiger charge is -2.12. The number of benzene rings is 2. The van der Waals surface area contributed by atoms with E-state index in [1.165, 1.54) is 6.33 Å². The first-order chi connectivity index (χ1) is 13.7. The Hall–Kier alpha value is -3.10. The van der Waals surface area contributed by atoms with Gasteiger partial charge < -0.3 is 5.32 Å². The Balaban J connectivity index is 1.47. The molecule has 2 N–H and O–H groups in total. The number of hydrogen-bond donors (Lipinski definition) is 2. The van der Waals surface area contributed by atoms with Crippen molar-refractivity contribution in [3.05, 3.63) is 83.4 Å². The summed E-state index contributed by atoms with van der Waals surface area (Å²) in [7, 11) is 0. The van der Waals surface area contributed by atoms with E-state index in [1.54, 1.807) is 53.1 Å². The number of carbonyl (C=O) groups excluding carboxylic acids is 1. The smallest absolute Gasteiger partial charge is 0.255 e. The highest BCUT2D eigenvalue weighted by Gasteiger charge is 2.12. The van der Waals surface area contributed by atoms with Crippen LogP contribution in [0.5, 0.6) is 0 Å². The normalized spacial score (nSPS) is 10.8. The number of aromatic amines is 1. The summed E-state index contributed by atoms with van der Waals surface area (Å²) in [5, 5.41) is 15.0. The van der Waals surface area contributed by atoms with Crippen LogP contribution in [-0.4, -0.2) is 30.9 Å². The Morgan fingerprint density at radius 1 is 1.21 bits per heavy atom. The van der Waals surface area contributed by atoms with Gasteiger partial charge in [0.05, 0.1) is 11.4 Å². The van der Waals surface area contributed by atoms with Crippen molar-refractivity contribution < 1.29 is 4.79 Å². The molecular formula is C19H15ClN6OS. The van der Waals surface area contributed by atoms with Crippen LogP contribution in [0.15, 0.2) is 72.4 Å². The van der Waals surface area contributed by atoms with E-state index in [1.807, 2.05) is 24.3 Å². The molecule has 9 heteroatoms. The van der Waals surface area contributed by atoms with Gasteiger partial charge in [-0.15, -0.1) is 0 Å². The minimum atomic E-state index is -0.217. The van der Waals surface area contributed by atoms with Crippen LogP contribution in [0.25, 0.3) is 5.69 Å². The molecule has 0 radical (unpaired) electrons. The molecule has 0 fully saturated rings. The van der Waals surface area contributed by atoms with E-state index >= 15 is 0 Å². The van der Waals surface area contributed by atoms with E-state index in [-0.39, 0.29) is 5.91 Å². The second-order valence-electron chi connectivity index (χ2n) is 5.84. The van der Waals surface area contributed by atoms with E-state index in [4.69, 9.17) is 11.6 Å². The summed E-state index contributed by atoms with van der Waals surface area (Å²) in [6.07, 6.45) is 4.96. The van der Waals surface area contributed by atoms with Gasteiger partial charge in [0.25, 0.3) is 5.91 Å². The zero-order chi connectivity index (χ0) is 19.3. The zero-order valence-electron chi connectivity index (χ0n) is 14.5. The predicted molar refractivity (Wildman–Crippen MR) is 109 cm³/mol. The predicted octanol–water partition coefficient (Wildman–Crippen LogP) is 4.19. The van der Waals surface area contributed by atoms with Gasteiger partial charge in [-0.25, -0.2) is 9.67 Å². The topological polar surface area (TPSA) is 88.5 Å². The van der Waals surface area contributed by atoms with Gasteiger partial charge >= 0.3 is 0 Å². The summed E-state index contributed by atoms with van der Waals surface area (Å²) in [6, 6.07) is 14.5. The number of H-pyrrole nitrogens is 1. The Labute approximate surface area is 170 Å². The number of nitrogens with one attached hydrogen (secondary N) is 2. The van der Waals surface area contributed by atoms with Crippen LogP contribution in [-0.2, 0) is 5.75 Å². The number of hydrogen-bond acceptors (Lipinski definition) is 5. The third-order valence-corrected chi connectivity index (χ3v) is 5.13. The van der Waals surface area contributed by atoms with Gasteiger partial charge in [-0.2, -0.15) is 10.2 Å². The average Bonchev–Trinajstić information content (AvgIpc) is 3.41. The van der Waals surface area contributed by atoms with Crippen LogP contribution >= 0.6 is 23.4 Å². The van der Waals surface area contributed by atoms with E-state index in [9.17, 15) is 4.79 Å². The summed E-state index contributed by atoms with van der Waals surface area (Å²) in [5.41, 5.74) is 2.96. The third kappa shape index (κ3) is 4.24. The molecule has 0 aliphatic heterocycles. The van der Waals surface area contributed by atoms with Gasteiger partial charge in [0.1, 0.15) is 6.33 Å². The minimum Gasteiger partial charge on any atom is -0.320 e. The molecule has 2 heterocycles. The van der Waals surface area contributed by atoms with Crippen LogP contribution in [0.3, 0.4) is 0 Å². The SMILES string of the molecule is O=C(Nc1cc(Cl)ccc1-n1cccn1)c1ccc(CSc2ncn[nH]2)cc1. The molecule has 0 unspecified atom stereocenters. The van der Waals surface area contributed by atoms with Crippen molar-refractivity contribution in [3.63, 3.8) is 0 Å². The number of anilines is 1. The molecule has 4 aromatic rings. The van der Waals surface area contributed by atoms with E-state index < -0.39 is 0 Å². The molecule has 7 nitrogen and oxygen atoms in total. The monoisotopic (exact) mass is 410 g/mol. The number of nitrogens with zero attached hydrogens (tertiary/aromatic N) is 4. The molecule has 4 rings (SSSR count). The van der Waals surface area contributed by atoms with Crippen LogP contribution in [0.4, 0.5) is 5.69 Å². The van der Waals surface area contributed by atoms with Gasteiger partial charge in [0.15, 0.2) is 5.16 Å². The van der Waals surface area contributed by atoms with Gasteiger partial charge in [0, 0.05) is 28.7 Å². The number of rotatable bonds is 6. The van der Waals surface area contributed by atoms with Crippen LogP contribution in [0.1, 0.15) is 15.9 Å². The molecule has 0 aliphatic carbocycles. The number of carbonyl (C=O) groups is 1. The lowest BCUT2D eigenvalue weighted by molar-refractivity contribution is 0.102. The summed E-state index contributed by atoms with van der Waals surface area (Å²) < 4.78 is 1.68. The van der Waals surface area contributed by atoms with E-state index in [0.717, 1.165) is 22.2 Å². The lowest BCUT2D eigenvalue weighted by atomic mass is 10.1. The summed E-state index contributed by atoms with van der Waals surface area (Å²) in [6.45, 7) is 0. The van der Waals surface area contributed by atoms with Crippen LogP contribution < -0.4 is 5.32 Å². The minimum absolute atomic E-state index is 0.217. The molecule has 0 spiro atoms. The van der Waals surface area contributed by atoms with Crippen molar-refractivity contribution in [1.82, 2.24) is 25.0 Å². The van der Waals surface area contributed by atoms with Crippen LogP contribution in [0.2, 0.25) is 5.02 Å². The molecule has 1 amide bonds. The number of halogens is 1. The standard InChI is InChI=1S/C19H15ClN6OS/c20-15-6-7-17(26-9-1-8-23-26)16(10-15)24-18(27)14-4-2-13(3-5-14)11-28-19-21-12-22-25-19/h1-10,12H,11H2,(H,24,27)(H,21,22,25). The highest BCUT2D eigenvalue weighted by atomic mass is 35.5. The fourth-order valence-corrected chi connectivity index (χ4v) is 3.49. The molecule has 28 heavy (non-hydrogen) atoms. The second kappa shape index (κ2) is 8.28. The molecule has 0 atom stereocenters. The first-order valence-electron chi connectivity index (χ1n) is 8.37. The average molecular weight is 411 g/mol. The summed E-state index contributed by atoms with van der Waals surface area (Å²) >= 11 is 7.66. The van der Waals surface area contributed by atoms with Gasteiger partial charge in [-0.05, 0) is 42.0 Å². The van der Waals surface area contributed by atoms with Crippen LogP contribution in [0, 0.1) is 0 Å². The Morgan fingerprint density at radius 2 is 2.07 bits per heavy atom. The van der Waals surface area contributed by atoms with Crippen molar-refractivity contribution >= 4 is 35.0 Å². The highest BCUT2D eigenvalue weighted by molar-refractivity contribution is 7.98. The van der Waals surface area contributed by atoms with E-state index in [2.05, 4.69) is 25.6 Å².